The molecule has 3 aliphatic carbocycles. The van der Waals surface area contributed by atoms with Crippen LogP contribution in [0.3, 0.4) is 0 Å². The SMILES string of the molecule is C=C[C@@H]1C[C@]1(NC(=O)C1C[C@@H](Oc2cc(-c3csc(NC(C)C)n3)nc3cc(OCC(=O)O)ccc23)CN1C(=O)[C@@H](NC(=O)O[C@@H]1C[C@@H]2C[C@@H]2C1)C(C)(C)C)C(=O)O. The highest BCUT2D eigenvalue weighted by Crippen LogP contribution is 2.52. The molecule has 17 heteroatoms. The van der Waals surface area contributed by atoms with Crippen molar-refractivity contribution in [1.82, 2.24) is 25.5 Å². The Bertz CT molecular complexity index is 2120. The Kier molecular flexibility index (Phi) is 11.0. The molecule has 3 aromatic rings. The number of aromatic nitrogens is 2. The van der Waals surface area contributed by atoms with Crippen molar-refractivity contribution in [1.29, 1.82) is 0 Å². The van der Waals surface area contributed by atoms with E-state index in [-0.39, 0.29) is 37.3 Å². The van der Waals surface area contributed by atoms with Crippen molar-refractivity contribution in [3.63, 3.8) is 0 Å². The molecule has 2 aromatic heterocycles. The number of rotatable bonds is 15. The zero-order valence-corrected chi connectivity index (χ0v) is 34.0. The van der Waals surface area contributed by atoms with Crippen LogP contribution in [0.1, 0.15) is 66.7 Å². The number of likely N-dealkylation sites (tertiary alicyclic amines) is 1. The maximum absolute atomic E-state index is 14.7. The van der Waals surface area contributed by atoms with Gasteiger partial charge in [-0.2, -0.15) is 0 Å². The number of alkyl carbamates (subject to hydrolysis) is 1. The van der Waals surface area contributed by atoms with E-state index in [0.717, 1.165) is 19.3 Å². The zero-order valence-electron chi connectivity index (χ0n) is 33.2. The molecule has 1 aromatic carbocycles. The molecule has 4 aliphatic rings. The topological polar surface area (TPSA) is 219 Å². The molecule has 0 spiro atoms. The van der Waals surface area contributed by atoms with Crippen molar-refractivity contribution in [2.24, 2.45) is 23.2 Å². The number of hydrogen-bond acceptors (Lipinski definition) is 12. The van der Waals surface area contributed by atoms with Crippen LogP contribution in [0.15, 0.2) is 42.3 Å². The fourth-order valence-electron chi connectivity index (χ4n) is 8.09. The van der Waals surface area contributed by atoms with E-state index in [2.05, 4.69) is 22.5 Å². The summed E-state index contributed by atoms with van der Waals surface area (Å²) < 4.78 is 17.9. The molecule has 58 heavy (non-hydrogen) atoms. The molecule has 0 radical (unpaired) electrons. The van der Waals surface area contributed by atoms with Crippen molar-refractivity contribution in [2.75, 3.05) is 18.5 Å². The van der Waals surface area contributed by atoms with Crippen LogP contribution in [0.25, 0.3) is 22.3 Å². The number of aliphatic carboxylic acids is 2. The van der Waals surface area contributed by atoms with Crippen molar-refractivity contribution < 1.29 is 48.4 Å². The molecular weight excluding hydrogens is 769 g/mol. The molecule has 3 saturated carbocycles. The monoisotopic (exact) mass is 818 g/mol. The number of thiazole rings is 1. The second-order valence-corrected chi connectivity index (χ2v) is 18.1. The molecule has 16 nitrogen and oxygen atoms in total. The fourth-order valence-corrected chi connectivity index (χ4v) is 8.94. The molecule has 7 rings (SSSR count). The van der Waals surface area contributed by atoms with Crippen molar-refractivity contribution >= 4 is 57.2 Å². The minimum Gasteiger partial charge on any atom is -0.488 e. The Morgan fingerprint density at radius 2 is 1.78 bits per heavy atom. The molecule has 310 valence electrons. The predicted molar refractivity (Wildman–Crippen MR) is 214 cm³/mol. The minimum absolute atomic E-state index is 0.00367. The first-order valence-electron chi connectivity index (χ1n) is 19.6. The van der Waals surface area contributed by atoms with Gasteiger partial charge in [-0.15, -0.1) is 17.9 Å². The average Bonchev–Trinajstić information content (AvgIpc) is 3.82. The Labute approximate surface area is 339 Å². The molecule has 1 unspecified atom stereocenters. The van der Waals surface area contributed by atoms with Gasteiger partial charge in [-0.05, 0) is 68.9 Å². The van der Waals surface area contributed by atoms with E-state index in [1.54, 1.807) is 45.0 Å². The summed E-state index contributed by atoms with van der Waals surface area (Å²) >= 11 is 1.40. The van der Waals surface area contributed by atoms with E-state index in [1.807, 2.05) is 19.2 Å². The number of ether oxygens (including phenoxy) is 3. The first-order chi connectivity index (χ1) is 27.4. The summed E-state index contributed by atoms with van der Waals surface area (Å²) in [5.74, 6) is -2.24. The van der Waals surface area contributed by atoms with Crippen LogP contribution < -0.4 is 25.4 Å². The summed E-state index contributed by atoms with van der Waals surface area (Å²) in [5.41, 5.74) is -0.932. The molecular formula is C41H50N6O10S. The quantitative estimate of drug-likeness (QED) is 0.127. The van der Waals surface area contributed by atoms with Crippen molar-refractivity contribution in [3.8, 4) is 22.9 Å². The van der Waals surface area contributed by atoms with Gasteiger partial charge in [0.2, 0.25) is 11.8 Å². The average molecular weight is 819 g/mol. The first kappa shape index (κ1) is 40.7. The smallest absolute Gasteiger partial charge is 0.408 e. The minimum atomic E-state index is -1.55. The molecule has 8 atom stereocenters. The number of carboxylic acid groups (broad SMARTS) is 2. The first-order valence-corrected chi connectivity index (χ1v) is 20.5. The number of hydrogen-bond donors (Lipinski definition) is 5. The lowest BCUT2D eigenvalue weighted by molar-refractivity contribution is -0.146. The van der Waals surface area contributed by atoms with Crippen LogP contribution in [-0.2, 0) is 23.9 Å². The summed E-state index contributed by atoms with van der Waals surface area (Å²) in [6.07, 6.45) is 2.71. The third-order valence-electron chi connectivity index (χ3n) is 11.3. The largest absolute Gasteiger partial charge is 0.488 e. The van der Waals surface area contributed by atoms with Gasteiger partial charge in [-0.3, -0.25) is 9.59 Å². The van der Waals surface area contributed by atoms with Gasteiger partial charge in [-0.1, -0.05) is 26.8 Å². The van der Waals surface area contributed by atoms with Crippen LogP contribution >= 0.6 is 11.3 Å². The predicted octanol–water partition coefficient (Wildman–Crippen LogP) is 5.08. The lowest BCUT2D eigenvalue weighted by atomic mass is 9.85. The number of benzene rings is 1. The van der Waals surface area contributed by atoms with Gasteiger partial charge in [0, 0.05) is 41.3 Å². The maximum Gasteiger partial charge on any atom is 0.408 e. The van der Waals surface area contributed by atoms with E-state index in [1.165, 1.54) is 22.3 Å². The Balaban J connectivity index is 1.19. The molecule has 1 saturated heterocycles. The number of carboxylic acids is 2. The summed E-state index contributed by atoms with van der Waals surface area (Å²) in [6, 6.07) is 4.48. The van der Waals surface area contributed by atoms with Gasteiger partial charge in [0.1, 0.15) is 47.0 Å². The molecule has 1 aliphatic heterocycles. The zero-order chi connectivity index (χ0) is 41.7. The standard InChI is InChI=1S/C41H50N6O10S/c1-7-23-16-41(23,37(52)53)46-35(50)31-14-26(17-47(31)36(51)34(40(4,5)6)45-39(54)57-25-11-21-10-22(21)12-25)56-32-15-29(30-19-58-38(44-30)42-20(2)3)43-28-13-24(8-9-27(28)32)55-18-33(48)49/h7-9,13,15,19-23,25-26,31,34H,1,10-12,14,16-18H2,2-6H3,(H,42,44)(H,45,54)(H,46,50)(H,48,49)(H,52,53)/t21-,22+,23-,25+,26-,31?,34-,41-/m1/s1. The highest BCUT2D eigenvalue weighted by atomic mass is 32.1. The molecule has 0 bridgehead atoms. The number of nitrogens with one attached hydrogen (secondary N) is 3. The number of fused-ring (bicyclic) bond motifs is 2. The van der Waals surface area contributed by atoms with Crippen molar-refractivity contribution in [2.45, 2.75) is 103 Å². The van der Waals surface area contributed by atoms with Crippen LogP contribution in [-0.4, -0.2) is 104 Å². The van der Waals surface area contributed by atoms with Gasteiger partial charge in [0.15, 0.2) is 11.7 Å². The summed E-state index contributed by atoms with van der Waals surface area (Å²) in [7, 11) is 0. The molecule has 5 N–H and O–H groups in total. The second kappa shape index (κ2) is 15.7. The summed E-state index contributed by atoms with van der Waals surface area (Å²) in [6.45, 7) is 12.5. The van der Waals surface area contributed by atoms with E-state index < -0.39 is 71.5 Å². The van der Waals surface area contributed by atoms with Gasteiger partial charge >= 0.3 is 18.0 Å². The van der Waals surface area contributed by atoms with E-state index >= 15 is 0 Å². The lowest BCUT2D eigenvalue weighted by Gasteiger charge is -2.35. The highest BCUT2D eigenvalue weighted by Gasteiger charge is 2.61. The van der Waals surface area contributed by atoms with Gasteiger partial charge < -0.3 is 45.3 Å². The van der Waals surface area contributed by atoms with E-state index in [9.17, 15) is 34.2 Å². The van der Waals surface area contributed by atoms with Gasteiger partial charge in [0.05, 0.1) is 17.8 Å². The van der Waals surface area contributed by atoms with Gasteiger partial charge in [-0.25, -0.2) is 24.4 Å². The number of anilines is 1. The number of amides is 3. The van der Waals surface area contributed by atoms with Crippen LogP contribution in [0.5, 0.6) is 11.5 Å². The maximum atomic E-state index is 14.7. The number of nitrogens with zero attached hydrogens (tertiary/aromatic N) is 3. The van der Waals surface area contributed by atoms with Crippen molar-refractivity contribution in [3.05, 3.63) is 42.3 Å². The lowest BCUT2D eigenvalue weighted by Crippen LogP contribution is -2.59. The number of carbonyl (C=O) groups is 5. The second-order valence-electron chi connectivity index (χ2n) is 17.2. The van der Waals surface area contributed by atoms with Crippen LogP contribution in [0.2, 0.25) is 0 Å². The van der Waals surface area contributed by atoms with Gasteiger partial charge in [0.25, 0.3) is 0 Å². The van der Waals surface area contributed by atoms with E-state index in [0.29, 0.717) is 45.0 Å². The summed E-state index contributed by atoms with van der Waals surface area (Å²) in [4.78, 5) is 76.6. The fraction of sp³-hybridized carbons (Fsp3) is 0.537. The molecule has 3 amide bonds. The summed E-state index contributed by atoms with van der Waals surface area (Å²) in [5, 5.41) is 31.2. The number of carbonyl (C=O) groups excluding carboxylic acids is 3. The Morgan fingerprint density at radius 1 is 1.03 bits per heavy atom. The Hall–Kier alpha value is -5.45. The third-order valence-corrected chi connectivity index (χ3v) is 12.1. The van der Waals surface area contributed by atoms with Crippen LogP contribution in [0, 0.1) is 23.2 Å². The molecule has 3 heterocycles. The van der Waals surface area contributed by atoms with Crippen LogP contribution in [0.4, 0.5) is 9.93 Å². The number of pyridine rings is 1. The third kappa shape index (κ3) is 8.68. The normalized spacial score (nSPS) is 26.3. The van der Waals surface area contributed by atoms with E-state index in [4.69, 9.17) is 24.2 Å². The Morgan fingerprint density at radius 3 is 2.41 bits per heavy atom. The highest BCUT2D eigenvalue weighted by molar-refractivity contribution is 7.14. The molecule has 4 fully saturated rings.